The predicted molar refractivity (Wildman–Crippen MR) is 100.0 cm³/mol. The molecule has 1 atom stereocenters. The number of benzene rings is 1. The smallest absolute Gasteiger partial charge is 0.251 e. The maximum Gasteiger partial charge on any atom is 0.251 e. The molecule has 122 valence electrons. The summed E-state index contributed by atoms with van der Waals surface area (Å²) in [6.45, 7) is 1.77. The van der Waals surface area contributed by atoms with Gasteiger partial charge in [-0.2, -0.15) is 11.3 Å². The van der Waals surface area contributed by atoms with Gasteiger partial charge in [-0.25, -0.2) is 4.98 Å². The highest BCUT2D eigenvalue weighted by Crippen LogP contribution is 2.24. The molecule has 0 aliphatic carbocycles. The van der Waals surface area contributed by atoms with Gasteiger partial charge in [0.05, 0.1) is 0 Å². The number of carbonyl (C=O) groups excluding carboxylic acids is 1. The minimum Gasteiger partial charge on any atom is -0.347 e. The summed E-state index contributed by atoms with van der Waals surface area (Å²) in [7, 11) is 0. The molecule has 3 aromatic rings. The molecule has 1 fully saturated rings. The Morgan fingerprint density at radius 3 is 2.75 bits per heavy atom. The first-order valence-corrected chi connectivity index (χ1v) is 9.70. The van der Waals surface area contributed by atoms with E-state index in [1.165, 1.54) is 5.56 Å². The molecular formula is C18H17N3OS2. The SMILES string of the molecule is O=C(NC1CCN(c2nccs2)C1)c1ccc(-c2ccsc2)cc1. The lowest BCUT2D eigenvalue weighted by molar-refractivity contribution is 0.0940. The van der Waals surface area contributed by atoms with Crippen LogP contribution in [0.2, 0.25) is 0 Å². The molecule has 0 radical (unpaired) electrons. The number of nitrogens with zero attached hydrogens (tertiary/aromatic N) is 2. The van der Waals surface area contributed by atoms with Gasteiger partial charge in [0.25, 0.3) is 5.91 Å². The summed E-state index contributed by atoms with van der Waals surface area (Å²) in [5, 5.41) is 10.3. The van der Waals surface area contributed by atoms with E-state index in [-0.39, 0.29) is 11.9 Å². The van der Waals surface area contributed by atoms with Gasteiger partial charge >= 0.3 is 0 Å². The third-order valence-corrected chi connectivity index (χ3v) is 5.73. The van der Waals surface area contributed by atoms with Crippen molar-refractivity contribution in [2.45, 2.75) is 12.5 Å². The molecule has 4 nitrogen and oxygen atoms in total. The zero-order valence-corrected chi connectivity index (χ0v) is 14.6. The number of thiazole rings is 1. The van der Waals surface area contributed by atoms with Crippen molar-refractivity contribution in [1.82, 2.24) is 10.3 Å². The molecule has 4 rings (SSSR count). The van der Waals surface area contributed by atoms with Gasteiger partial charge in [0.15, 0.2) is 5.13 Å². The van der Waals surface area contributed by atoms with E-state index < -0.39 is 0 Å². The van der Waals surface area contributed by atoms with Crippen molar-refractivity contribution in [3.05, 3.63) is 58.2 Å². The minimum absolute atomic E-state index is 0.00198. The number of thiophene rings is 1. The molecule has 24 heavy (non-hydrogen) atoms. The fourth-order valence-corrected chi connectivity index (χ4v) is 4.28. The van der Waals surface area contributed by atoms with Crippen molar-refractivity contribution in [1.29, 1.82) is 0 Å². The Balaban J connectivity index is 1.38. The molecule has 3 heterocycles. The Kier molecular flexibility index (Phi) is 4.32. The zero-order valence-electron chi connectivity index (χ0n) is 13.0. The number of anilines is 1. The molecule has 0 bridgehead atoms. The number of hydrogen-bond acceptors (Lipinski definition) is 5. The highest BCUT2D eigenvalue weighted by molar-refractivity contribution is 7.13. The van der Waals surface area contributed by atoms with Gasteiger partial charge in [-0.1, -0.05) is 12.1 Å². The average Bonchev–Trinajstić information content (AvgIpc) is 3.36. The lowest BCUT2D eigenvalue weighted by Gasteiger charge is -2.16. The van der Waals surface area contributed by atoms with E-state index in [1.807, 2.05) is 35.8 Å². The molecule has 1 unspecified atom stereocenters. The van der Waals surface area contributed by atoms with Gasteiger partial charge in [0.1, 0.15) is 0 Å². The third-order valence-electron chi connectivity index (χ3n) is 4.21. The summed E-state index contributed by atoms with van der Waals surface area (Å²) in [6, 6.07) is 10.1. The van der Waals surface area contributed by atoms with Crippen molar-refractivity contribution in [2.75, 3.05) is 18.0 Å². The zero-order chi connectivity index (χ0) is 16.4. The molecule has 1 aromatic carbocycles. The van der Waals surface area contributed by atoms with Crippen LogP contribution in [-0.4, -0.2) is 30.0 Å². The van der Waals surface area contributed by atoms with Crippen LogP contribution in [0.3, 0.4) is 0 Å². The molecule has 1 aliphatic rings. The second-order valence-corrected chi connectivity index (χ2v) is 7.46. The van der Waals surface area contributed by atoms with E-state index in [9.17, 15) is 4.79 Å². The first-order valence-electron chi connectivity index (χ1n) is 7.87. The highest BCUT2D eigenvalue weighted by Gasteiger charge is 2.25. The maximum atomic E-state index is 12.5. The number of hydrogen-bond donors (Lipinski definition) is 1. The van der Waals surface area contributed by atoms with Gasteiger partial charge in [-0.15, -0.1) is 11.3 Å². The normalized spacial score (nSPS) is 17.2. The summed E-state index contributed by atoms with van der Waals surface area (Å²) >= 11 is 3.32. The first-order chi connectivity index (χ1) is 11.8. The van der Waals surface area contributed by atoms with Gasteiger partial charge in [-0.3, -0.25) is 4.79 Å². The van der Waals surface area contributed by atoms with E-state index >= 15 is 0 Å². The summed E-state index contributed by atoms with van der Waals surface area (Å²) in [5.74, 6) is -0.00198. The molecule has 2 aromatic heterocycles. The van der Waals surface area contributed by atoms with E-state index in [0.717, 1.165) is 30.2 Å². The fraction of sp³-hybridized carbons (Fsp3) is 0.222. The Morgan fingerprint density at radius 2 is 2.04 bits per heavy atom. The van der Waals surface area contributed by atoms with Gasteiger partial charge in [-0.05, 0) is 46.5 Å². The largest absolute Gasteiger partial charge is 0.347 e. The van der Waals surface area contributed by atoms with Crippen LogP contribution in [0.4, 0.5) is 5.13 Å². The van der Waals surface area contributed by atoms with Crippen molar-refractivity contribution < 1.29 is 4.79 Å². The minimum atomic E-state index is -0.00198. The topological polar surface area (TPSA) is 45.2 Å². The van der Waals surface area contributed by atoms with Crippen LogP contribution in [0.1, 0.15) is 16.8 Å². The summed E-state index contributed by atoms with van der Waals surface area (Å²) in [5.41, 5.74) is 3.05. The summed E-state index contributed by atoms with van der Waals surface area (Å²) in [6.07, 6.45) is 2.78. The van der Waals surface area contributed by atoms with Crippen LogP contribution in [0, 0.1) is 0 Å². The summed E-state index contributed by atoms with van der Waals surface area (Å²) in [4.78, 5) is 19.0. The Bertz CT molecular complexity index is 797. The number of aromatic nitrogens is 1. The summed E-state index contributed by atoms with van der Waals surface area (Å²) < 4.78 is 0. The molecule has 6 heteroatoms. The van der Waals surface area contributed by atoms with E-state index in [4.69, 9.17) is 0 Å². The first kappa shape index (κ1) is 15.4. The van der Waals surface area contributed by atoms with Crippen LogP contribution >= 0.6 is 22.7 Å². The Morgan fingerprint density at radius 1 is 1.17 bits per heavy atom. The fourth-order valence-electron chi connectivity index (χ4n) is 2.94. The van der Waals surface area contributed by atoms with Crippen molar-refractivity contribution in [3.63, 3.8) is 0 Å². The Labute approximate surface area is 148 Å². The van der Waals surface area contributed by atoms with Gasteiger partial charge in [0.2, 0.25) is 0 Å². The van der Waals surface area contributed by atoms with Crippen LogP contribution < -0.4 is 10.2 Å². The van der Waals surface area contributed by atoms with Crippen LogP contribution in [0.25, 0.3) is 11.1 Å². The van der Waals surface area contributed by atoms with Crippen LogP contribution in [-0.2, 0) is 0 Å². The van der Waals surface area contributed by atoms with Crippen molar-refractivity contribution in [3.8, 4) is 11.1 Å². The predicted octanol–water partition coefficient (Wildman–Crippen LogP) is 3.88. The van der Waals surface area contributed by atoms with E-state index in [0.29, 0.717) is 5.56 Å². The second-order valence-electron chi connectivity index (χ2n) is 5.81. The average molecular weight is 355 g/mol. The molecular weight excluding hydrogens is 338 g/mol. The molecule has 1 amide bonds. The third kappa shape index (κ3) is 3.20. The van der Waals surface area contributed by atoms with Crippen LogP contribution in [0.15, 0.2) is 52.7 Å². The Hall–Kier alpha value is -2.18. The monoisotopic (exact) mass is 355 g/mol. The van der Waals surface area contributed by atoms with Gasteiger partial charge in [0, 0.05) is 36.3 Å². The van der Waals surface area contributed by atoms with Crippen LogP contribution in [0.5, 0.6) is 0 Å². The standard InChI is InChI=1S/C18H17N3OS2/c22-17(14-3-1-13(2-4-14)15-6-9-23-12-15)20-16-5-8-21(11-16)18-19-7-10-24-18/h1-4,6-7,9-10,12,16H,5,8,11H2,(H,20,22). The number of carbonyl (C=O) groups is 1. The van der Waals surface area contributed by atoms with E-state index in [1.54, 1.807) is 22.7 Å². The molecule has 1 N–H and O–H groups in total. The molecule has 1 saturated heterocycles. The number of rotatable bonds is 4. The highest BCUT2D eigenvalue weighted by atomic mass is 32.1. The van der Waals surface area contributed by atoms with Crippen molar-refractivity contribution in [2.24, 2.45) is 0 Å². The molecule has 1 aliphatic heterocycles. The van der Waals surface area contributed by atoms with E-state index in [2.05, 4.69) is 32.0 Å². The van der Waals surface area contributed by atoms with Crippen molar-refractivity contribution >= 4 is 33.7 Å². The quantitative estimate of drug-likeness (QED) is 0.772. The molecule has 0 saturated carbocycles. The number of nitrogens with one attached hydrogen (secondary N) is 1. The van der Waals surface area contributed by atoms with Gasteiger partial charge < -0.3 is 10.2 Å². The lowest BCUT2D eigenvalue weighted by atomic mass is 10.1. The lowest BCUT2D eigenvalue weighted by Crippen LogP contribution is -2.37. The number of amides is 1. The maximum absolute atomic E-state index is 12.5. The molecule has 0 spiro atoms. The second kappa shape index (κ2) is 6.75.